The maximum atomic E-state index is 11.5. The van der Waals surface area contributed by atoms with Crippen LogP contribution in [0.25, 0.3) is 0 Å². The molecule has 88 valence electrons. The Labute approximate surface area is 92.8 Å². The molecule has 0 heterocycles. The van der Waals surface area contributed by atoms with E-state index < -0.39 is 0 Å². The second-order valence-corrected chi connectivity index (χ2v) is 4.18. The fourth-order valence-electron chi connectivity index (χ4n) is 2.08. The molecule has 3 nitrogen and oxygen atoms in total. The molecule has 0 atom stereocenters. The van der Waals surface area contributed by atoms with Crippen molar-refractivity contribution in [3.05, 3.63) is 0 Å². The molecular formula is C12H23NO2. The van der Waals surface area contributed by atoms with Crippen molar-refractivity contribution < 1.29 is 9.53 Å². The summed E-state index contributed by atoms with van der Waals surface area (Å²) in [6.07, 6.45) is 4.73. The van der Waals surface area contributed by atoms with Gasteiger partial charge in [0.2, 0.25) is 0 Å². The van der Waals surface area contributed by atoms with Gasteiger partial charge in [0.15, 0.2) is 0 Å². The lowest BCUT2D eigenvalue weighted by Gasteiger charge is -2.29. The van der Waals surface area contributed by atoms with Crippen LogP contribution in [-0.2, 0) is 9.53 Å². The molecule has 0 radical (unpaired) electrons. The topological polar surface area (TPSA) is 29.5 Å². The molecule has 3 heteroatoms. The second-order valence-electron chi connectivity index (χ2n) is 4.18. The van der Waals surface area contributed by atoms with Gasteiger partial charge in [0, 0.05) is 12.1 Å². The van der Waals surface area contributed by atoms with E-state index in [1.165, 1.54) is 12.8 Å². The van der Waals surface area contributed by atoms with Crippen LogP contribution in [-0.4, -0.2) is 36.1 Å². The van der Waals surface area contributed by atoms with Gasteiger partial charge in [0.25, 0.3) is 0 Å². The Hall–Kier alpha value is -0.570. The van der Waals surface area contributed by atoms with Crippen LogP contribution in [0.2, 0.25) is 0 Å². The molecule has 0 aliphatic heterocycles. The van der Waals surface area contributed by atoms with Crippen LogP contribution >= 0.6 is 0 Å². The molecule has 0 aromatic heterocycles. The van der Waals surface area contributed by atoms with Crippen molar-refractivity contribution >= 4 is 5.97 Å². The number of esters is 1. The van der Waals surface area contributed by atoms with Crippen LogP contribution < -0.4 is 0 Å². The quantitative estimate of drug-likeness (QED) is 0.607. The highest BCUT2D eigenvalue weighted by atomic mass is 16.5. The van der Waals surface area contributed by atoms with Crippen molar-refractivity contribution in [3.63, 3.8) is 0 Å². The van der Waals surface area contributed by atoms with Crippen LogP contribution in [0, 0.1) is 0 Å². The van der Waals surface area contributed by atoms with Gasteiger partial charge in [0.05, 0.1) is 13.2 Å². The third-order valence-electron chi connectivity index (χ3n) is 3.04. The zero-order valence-corrected chi connectivity index (χ0v) is 10.2. The largest absolute Gasteiger partial charge is 0.465 e. The van der Waals surface area contributed by atoms with Crippen molar-refractivity contribution in [2.75, 3.05) is 13.2 Å². The zero-order valence-electron chi connectivity index (χ0n) is 10.2. The lowest BCUT2D eigenvalue weighted by atomic mass is 10.1. The standard InChI is InChI=1S/C12H23NO2/c1-4-10(5-2)13(11-7-8-11)9-12(14)15-6-3/h10-11H,4-9H2,1-3H3. The van der Waals surface area contributed by atoms with Crippen molar-refractivity contribution in [1.29, 1.82) is 0 Å². The summed E-state index contributed by atoms with van der Waals surface area (Å²) in [5, 5.41) is 0. The van der Waals surface area contributed by atoms with E-state index in [2.05, 4.69) is 18.7 Å². The van der Waals surface area contributed by atoms with Gasteiger partial charge < -0.3 is 4.74 Å². The van der Waals surface area contributed by atoms with Gasteiger partial charge in [-0.1, -0.05) is 13.8 Å². The third-order valence-corrected chi connectivity index (χ3v) is 3.04. The minimum absolute atomic E-state index is 0.0729. The molecule has 0 aromatic rings. The summed E-state index contributed by atoms with van der Waals surface area (Å²) in [4.78, 5) is 13.8. The Kier molecular flexibility index (Phi) is 5.09. The maximum absolute atomic E-state index is 11.5. The molecule has 0 bridgehead atoms. The lowest BCUT2D eigenvalue weighted by Crippen LogP contribution is -2.40. The monoisotopic (exact) mass is 213 g/mol. The smallest absolute Gasteiger partial charge is 0.320 e. The minimum atomic E-state index is -0.0729. The van der Waals surface area contributed by atoms with Gasteiger partial charge in [-0.05, 0) is 32.6 Å². The number of carbonyl (C=O) groups excluding carboxylic acids is 1. The van der Waals surface area contributed by atoms with Gasteiger partial charge in [-0.3, -0.25) is 9.69 Å². The summed E-state index contributed by atoms with van der Waals surface area (Å²) in [6, 6.07) is 1.18. The summed E-state index contributed by atoms with van der Waals surface area (Å²) in [5.41, 5.74) is 0. The first-order valence-electron chi connectivity index (χ1n) is 6.14. The molecule has 1 aliphatic rings. The van der Waals surface area contributed by atoms with Gasteiger partial charge in [-0.25, -0.2) is 0 Å². The Bertz CT molecular complexity index is 198. The van der Waals surface area contributed by atoms with Crippen LogP contribution in [0.15, 0.2) is 0 Å². The summed E-state index contributed by atoms with van der Waals surface area (Å²) >= 11 is 0. The highest BCUT2D eigenvalue weighted by Crippen LogP contribution is 2.30. The van der Waals surface area contributed by atoms with E-state index >= 15 is 0 Å². The van der Waals surface area contributed by atoms with E-state index in [1.54, 1.807) is 0 Å². The fraction of sp³-hybridized carbons (Fsp3) is 0.917. The molecule has 1 aliphatic carbocycles. The Balaban J connectivity index is 2.45. The zero-order chi connectivity index (χ0) is 11.3. The van der Waals surface area contributed by atoms with E-state index in [1.807, 2.05) is 6.92 Å². The van der Waals surface area contributed by atoms with Crippen LogP contribution in [0.5, 0.6) is 0 Å². The van der Waals surface area contributed by atoms with Crippen molar-refractivity contribution in [2.45, 2.75) is 58.5 Å². The lowest BCUT2D eigenvalue weighted by molar-refractivity contribution is -0.145. The van der Waals surface area contributed by atoms with Crippen molar-refractivity contribution in [3.8, 4) is 0 Å². The Morgan fingerprint density at radius 3 is 2.33 bits per heavy atom. The maximum Gasteiger partial charge on any atom is 0.320 e. The molecule has 0 aromatic carbocycles. The SMILES string of the molecule is CCOC(=O)CN(C(CC)CC)C1CC1. The average Bonchev–Trinajstić information content (AvgIpc) is 3.01. The molecule has 1 fully saturated rings. The molecule has 0 N–H and O–H groups in total. The average molecular weight is 213 g/mol. The predicted molar refractivity (Wildman–Crippen MR) is 60.7 cm³/mol. The highest BCUT2D eigenvalue weighted by molar-refractivity contribution is 5.71. The highest BCUT2D eigenvalue weighted by Gasteiger charge is 2.33. The third kappa shape index (κ3) is 3.82. The number of ether oxygens (including phenoxy) is 1. The molecule has 0 saturated heterocycles. The second kappa shape index (κ2) is 6.11. The van der Waals surface area contributed by atoms with Gasteiger partial charge >= 0.3 is 5.97 Å². The summed E-state index contributed by atoms with van der Waals surface area (Å²) in [7, 11) is 0. The Morgan fingerprint density at radius 1 is 1.33 bits per heavy atom. The van der Waals surface area contributed by atoms with E-state index in [9.17, 15) is 4.79 Å². The van der Waals surface area contributed by atoms with Crippen molar-refractivity contribution in [1.82, 2.24) is 4.90 Å². The van der Waals surface area contributed by atoms with Crippen LogP contribution in [0.1, 0.15) is 46.5 Å². The fourth-order valence-corrected chi connectivity index (χ4v) is 2.08. The first kappa shape index (κ1) is 12.5. The summed E-state index contributed by atoms with van der Waals surface area (Å²) in [5.74, 6) is -0.0729. The molecule has 0 unspecified atom stereocenters. The van der Waals surface area contributed by atoms with Gasteiger partial charge in [0.1, 0.15) is 0 Å². The Morgan fingerprint density at radius 2 is 1.93 bits per heavy atom. The number of nitrogens with zero attached hydrogens (tertiary/aromatic N) is 1. The number of hydrogen-bond donors (Lipinski definition) is 0. The van der Waals surface area contributed by atoms with E-state index in [0.29, 0.717) is 25.2 Å². The van der Waals surface area contributed by atoms with Crippen LogP contribution in [0.3, 0.4) is 0 Å². The molecule has 0 spiro atoms. The normalized spacial score (nSPS) is 16.1. The predicted octanol–water partition coefficient (Wildman–Crippen LogP) is 2.20. The minimum Gasteiger partial charge on any atom is -0.465 e. The van der Waals surface area contributed by atoms with Gasteiger partial charge in [-0.2, -0.15) is 0 Å². The van der Waals surface area contributed by atoms with Crippen LogP contribution in [0.4, 0.5) is 0 Å². The first-order valence-corrected chi connectivity index (χ1v) is 6.14. The number of hydrogen-bond acceptors (Lipinski definition) is 3. The van der Waals surface area contributed by atoms with E-state index in [-0.39, 0.29) is 5.97 Å². The summed E-state index contributed by atoms with van der Waals surface area (Å²) < 4.78 is 5.01. The molecule has 1 rings (SSSR count). The molecular weight excluding hydrogens is 190 g/mol. The first-order chi connectivity index (χ1) is 7.22. The van der Waals surface area contributed by atoms with E-state index in [0.717, 1.165) is 12.8 Å². The van der Waals surface area contributed by atoms with Crippen molar-refractivity contribution in [2.24, 2.45) is 0 Å². The van der Waals surface area contributed by atoms with E-state index in [4.69, 9.17) is 4.74 Å². The number of rotatable bonds is 7. The summed E-state index contributed by atoms with van der Waals surface area (Å²) in [6.45, 7) is 7.20. The molecule has 15 heavy (non-hydrogen) atoms. The molecule has 1 saturated carbocycles. The number of carbonyl (C=O) groups is 1. The molecule has 0 amide bonds. The van der Waals surface area contributed by atoms with Gasteiger partial charge in [-0.15, -0.1) is 0 Å².